The van der Waals surface area contributed by atoms with E-state index in [-0.39, 0.29) is 13.2 Å². The summed E-state index contributed by atoms with van der Waals surface area (Å²) in [5, 5.41) is 22.2. The summed E-state index contributed by atoms with van der Waals surface area (Å²) in [5.74, 6) is 0.837. The Balaban J connectivity index is 2.82. The van der Waals surface area contributed by atoms with Gasteiger partial charge in [0.15, 0.2) is 0 Å². The molecule has 5 heteroatoms. The molecule has 0 heterocycles. The number of aliphatic hydroxyl groups excluding tert-OH is 2. The summed E-state index contributed by atoms with van der Waals surface area (Å²) in [4.78, 5) is 0. The number of hydrogen-bond acceptors (Lipinski definition) is 4. The zero-order chi connectivity index (χ0) is 15.0. The quantitative estimate of drug-likeness (QED) is 0.643. The average Bonchev–Trinajstić information content (AvgIpc) is 2.48. The van der Waals surface area contributed by atoms with Crippen molar-refractivity contribution in [3.8, 4) is 5.75 Å². The summed E-state index contributed by atoms with van der Waals surface area (Å²) in [7, 11) is 0. The lowest BCUT2D eigenvalue weighted by Crippen LogP contribution is -2.50. The van der Waals surface area contributed by atoms with Crippen LogP contribution in [0.3, 0.4) is 0 Å². The lowest BCUT2D eigenvalue weighted by atomic mass is 9.98. The van der Waals surface area contributed by atoms with E-state index in [2.05, 4.69) is 28.2 Å². The van der Waals surface area contributed by atoms with Crippen molar-refractivity contribution in [2.24, 2.45) is 0 Å². The van der Waals surface area contributed by atoms with Crippen LogP contribution in [0.5, 0.6) is 5.75 Å². The normalized spacial score (nSPS) is 11.7. The topological polar surface area (TPSA) is 61.7 Å². The fraction of sp³-hybridized carbons (Fsp3) is 0.600. The molecule has 0 saturated heterocycles. The molecule has 0 unspecified atom stereocenters. The van der Waals surface area contributed by atoms with Crippen molar-refractivity contribution in [3.63, 3.8) is 0 Å². The Hall–Kier alpha value is -0.620. The van der Waals surface area contributed by atoms with Crippen LogP contribution in [0.4, 0.5) is 0 Å². The summed E-state index contributed by atoms with van der Waals surface area (Å²) in [6.07, 6.45) is 1.61. The zero-order valence-corrected chi connectivity index (χ0v) is 13.7. The Bertz CT molecular complexity index is 400. The van der Waals surface area contributed by atoms with Crippen LogP contribution in [-0.4, -0.2) is 35.6 Å². The molecule has 0 aliphatic rings. The Morgan fingerprint density at radius 3 is 2.50 bits per heavy atom. The minimum Gasteiger partial charge on any atom is -0.493 e. The first-order chi connectivity index (χ1) is 9.60. The van der Waals surface area contributed by atoms with Crippen molar-refractivity contribution in [2.45, 2.75) is 38.8 Å². The number of rotatable bonds is 9. The standard InChI is InChI=1S/C15H24BrNO3/c1-3-7-20-14-6-5-13(16)8-12(14)9-17-15(4-2,10-18)11-19/h5-6,8,17-19H,3-4,7,9-11H2,1-2H3. The molecule has 0 amide bonds. The summed E-state index contributed by atoms with van der Waals surface area (Å²) in [5.41, 5.74) is 0.359. The van der Waals surface area contributed by atoms with E-state index < -0.39 is 5.54 Å². The van der Waals surface area contributed by atoms with E-state index in [1.54, 1.807) is 0 Å². The van der Waals surface area contributed by atoms with Crippen molar-refractivity contribution in [1.82, 2.24) is 5.32 Å². The second-order valence-corrected chi connectivity index (χ2v) is 5.82. The lowest BCUT2D eigenvalue weighted by molar-refractivity contribution is 0.0861. The molecule has 0 spiro atoms. The molecule has 0 aliphatic heterocycles. The molecule has 1 aromatic rings. The van der Waals surface area contributed by atoms with Gasteiger partial charge in [-0.2, -0.15) is 0 Å². The van der Waals surface area contributed by atoms with Crippen LogP contribution in [0.25, 0.3) is 0 Å². The van der Waals surface area contributed by atoms with E-state index >= 15 is 0 Å². The molecule has 20 heavy (non-hydrogen) atoms. The first-order valence-corrected chi connectivity index (χ1v) is 7.78. The van der Waals surface area contributed by atoms with Gasteiger partial charge in [0.1, 0.15) is 5.75 Å². The molecule has 0 aliphatic carbocycles. The second-order valence-electron chi connectivity index (χ2n) is 4.90. The van der Waals surface area contributed by atoms with E-state index in [0.29, 0.717) is 19.6 Å². The lowest BCUT2D eigenvalue weighted by Gasteiger charge is -2.30. The van der Waals surface area contributed by atoms with Crippen LogP contribution in [0.1, 0.15) is 32.3 Å². The highest BCUT2D eigenvalue weighted by molar-refractivity contribution is 9.10. The minimum atomic E-state index is -0.648. The Labute approximate surface area is 129 Å². The highest BCUT2D eigenvalue weighted by Crippen LogP contribution is 2.24. The zero-order valence-electron chi connectivity index (χ0n) is 12.2. The van der Waals surface area contributed by atoms with Gasteiger partial charge in [-0.3, -0.25) is 0 Å². The molecule has 1 rings (SSSR count). The minimum absolute atomic E-state index is 0.0981. The largest absolute Gasteiger partial charge is 0.493 e. The molecule has 0 bridgehead atoms. The van der Waals surface area contributed by atoms with Gasteiger partial charge in [0, 0.05) is 16.6 Å². The third kappa shape index (κ3) is 4.74. The van der Waals surface area contributed by atoms with E-state index in [1.165, 1.54) is 0 Å². The van der Waals surface area contributed by atoms with Crippen molar-refractivity contribution in [2.75, 3.05) is 19.8 Å². The van der Waals surface area contributed by atoms with E-state index in [4.69, 9.17) is 4.74 Å². The predicted octanol–water partition coefficient (Wildman–Crippen LogP) is 2.46. The first kappa shape index (κ1) is 17.4. The Morgan fingerprint density at radius 1 is 1.25 bits per heavy atom. The fourth-order valence-electron chi connectivity index (χ4n) is 1.83. The monoisotopic (exact) mass is 345 g/mol. The van der Waals surface area contributed by atoms with Gasteiger partial charge in [-0.15, -0.1) is 0 Å². The molecule has 0 atom stereocenters. The molecular weight excluding hydrogens is 322 g/mol. The van der Waals surface area contributed by atoms with Crippen molar-refractivity contribution >= 4 is 15.9 Å². The van der Waals surface area contributed by atoms with Gasteiger partial charge in [-0.1, -0.05) is 29.8 Å². The number of hydrogen-bond donors (Lipinski definition) is 3. The van der Waals surface area contributed by atoms with Gasteiger partial charge in [0.25, 0.3) is 0 Å². The number of halogens is 1. The van der Waals surface area contributed by atoms with Crippen LogP contribution in [0.15, 0.2) is 22.7 Å². The average molecular weight is 346 g/mol. The molecule has 114 valence electrons. The third-order valence-electron chi connectivity index (χ3n) is 3.42. The summed E-state index contributed by atoms with van der Waals surface area (Å²) >= 11 is 3.45. The fourth-order valence-corrected chi connectivity index (χ4v) is 2.24. The highest BCUT2D eigenvalue weighted by atomic mass is 79.9. The van der Waals surface area contributed by atoms with Crippen LogP contribution in [-0.2, 0) is 6.54 Å². The molecule has 0 radical (unpaired) electrons. The first-order valence-electron chi connectivity index (χ1n) is 6.98. The van der Waals surface area contributed by atoms with Crippen LogP contribution >= 0.6 is 15.9 Å². The van der Waals surface area contributed by atoms with Crippen LogP contribution in [0, 0.1) is 0 Å². The number of ether oxygens (including phenoxy) is 1. The second kappa shape index (κ2) is 8.62. The van der Waals surface area contributed by atoms with Gasteiger partial charge < -0.3 is 20.3 Å². The smallest absolute Gasteiger partial charge is 0.123 e. The molecule has 0 aromatic heterocycles. The maximum atomic E-state index is 9.46. The van der Waals surface area contributed by atoms with Crippen molar-refractivity contribution in [1.29, 1.82) is 0 Å². The van der Waals surface area contributed by atoms with Gasteiger partial charge >= 0.3 is 0 Å². The number of nitrogens with one attached hydrogen (secondary N) is 1. The molecule has 0 fully saturated rings. The Kier molecular flexibility index (Phi) is 7.51. The van der Waals surface area contributed by atoms with E-state index in [1.807, 2.05) is 25.1 Å². The predicted molar refractivity (Wildman–Crippen MR) is 84.0 cm³/mol. The van der Waals surface area contributed by atoms with Crippen molar-refractivity contribution in [3.05, 3.63) is 28.2 Å². The van der Waals surface area contributed by atoms with E-state index in [9.17, 15) is 10.2 Å². The molecule has 3 N–H and O–H groups in total. The van der Waals surface area contributed by atoms with Crippen LogP contribution < -0.4 is 10.1 Å². The third-order valence-corrected chi connectivity index (χ3v) is 3.91. The SMILES string of the molecule is CCCOc1ccc(Br)cc1CNC(CC)(CO)CO. The number of benzene rings is 1. The molecular formula is C15H24BrNO3. The molecule has 0 saturated carbocycles. The van der Waals surface area contributed by atoms with Gasteiger partial charge in [-0.25, -0.2) is 0 Å². The van der Waals surface area contributed by atoms with E-state index in [0.717, 1.165) is 22.2 Å². The van der Waals surface area contributed by atoms with Gasteiger partial charge in [-0.05, 0) is 31.0 Å². The number of aliphatic hydroxyl groups is 2. The molecule has 1 aromatic carbocycles. The maximum absolute atomic E-state index is 9.46. The Morgan fingerprint density at radius 2 is 1.95 bits per heavy atom. The summed E-state index contributed by atoms with van der Waals surface area (Å²) in [6, 6.07) is 5.87. The highest BCUT2D eigenvalue weighted by Gasteiger charge is 2.26. The molecule has 4 nitrogen and oxygen atoms in total. The summed E-state index contributed by atoms with van der Waals surface area (Å²) in [6.45, 7) is 5.02. The summed E-state index contributed by atoms with van der Waals surface area (Å²) < 4.78 is 6.70. The van der Waals surface area contributed by atoms with Gasteiger partial charge in [0.05, 0.1) is 25.4 Å². The van der Waals surface area contributed by atoms with Crippen LogP contribution in [0.2, 0.25) is 0 Å². The van der Waals surface area contributed by atoms with Crippen molar-refractivity contribution < 1.29 is 14.9 Å². The maximum Gasteiger partial charge on any atom is 0.123 e. The van der Waals surface area contributed by atoms with Gasteiger partial charge in [0.2, 0.25) is 0 Å².